The van der Waals surface area contributed by atoms with Crippen molar-refractivity contribution >= 4 is 11.5 Å². The van der Waals surface area contributed by atoms with E-state index in [-0.39, 0.29) is 0 Å². The van der Waals surface area contributed by atoms with Crippen LogP contribution in [0.5, 0.6) is 0 Å². The second kappa shape index (κ2) is 7.97. The van der Waals surface area contributed by atoms with E-state index in [1.165, 1.54) is 24.9 Å². The molecular weight excluding hydrogens is 392 g/mol. The van der Waals surface area contributed by atoms with Gasteiger partial charge in [-0.05, 0) is 37.0 Å². The number of rotatable bonds is 5. The Morgan fingerprint density at radius 1 is 0.719 bits per heavy atom. The minimum absolute atomic E-state index is 0.622. The van der Waals surface area contributed by atoms with Crippen molar-refractivity contribution < 1.29 is 0 Å². The lowest BCUT2D eigenvalue weighted by molar-refractivity contribution is 0.445. The third-order valence-corrected chi connectivity index (χ3v) is 6.27. The van der Waals surface area contributed by atoms with E-state index in [4.69, 9.17) is 9.97 Å². The number of hydrogen-bond acceptors (Lipinski definition) is 3. The summed E-state index contributed by atoms with van der Waals surface area (Å²) >= 11 is 0. The van der Waals surface area contributed by atoms with Gasteiger partial charge in [-0.15, -0.1) is 0 Å². The zero-order chi connectivity index (χ0) is 21.3. The Morgan fingerprint density at radius 2 is 1.41 bits per heavy atom. The molecule has 2 aromatic heterocycles. The van der Waals surface area contributed by atoms with Crippen molar-refractivity contribution in [2.45, 2.75) is 25.3 Å². The lowest BCUT2D eigenvalue weighted by Crippen LogP contribution is -2.26. The Bertz CT molecular complexity index is 1350. The Morgan fingerprint density at radius 3 is 2.06 bits per heavy atom. The standard InChI is InChI=1S/C28H24N4/c1-3-8-20(9-4-1)23-18-29-28-31-26(27(32(28)19-23)22-10-5-2-6-11-22)21-14-16-25(17-15-21)30-24-12-7-13-24/h1-6,8-11,14-19,24,30H,7,12-13H2. The van der Waals surface area contributed by atoms with Gasteiger partial charge in [0.1, 0.15) is 0 Å². The molecular formula is C28H24N4. The molecule has 156 valence electrons. The maximum atomic E-state index is 4.94. The molecule has 1 aliphatic rings. The normalized spacial score (nSPS) is 13.8. The van der Waals surface area contributed by atoms with Gasteiger partial charge in [-0.1, -0.05) is 72.8 Å². The summed E-state index contributed by atoms with van der Waals surface area (Å²) in [6.45, 7) is 0. The van der Waals surface area contributed by atoms with Crippen molar-refractivity contribution in [1.29, 1.82) is 0 Å². The molecule has 1 N–H and O–H groups in total. The Kier molecular flexibility index (Phi) is 4.69. The first-order chi connectivity index (χ1) is 15.8. The molecule has 3 aromatic carbocycles. The smallest absolute Gasteiger partial charge is 0.234 e. The molecule has 0 spiro atoms. The Hall–Kier alpha value is -3.92. The molecule has 0 aliphatic heterocycles. The lowest BCUT2D eigenvalue weighted by Gasteiger charge is -2.27. The van der Waals surface area contributed by atoms with Crippen LogP contribution in [-0.4, -0.2) is 20.4 Å². The number of aromatic nitrogens is 3. The summed E-state index contributed by atoms with van der Waals surface area (Å²) in [5.74, 6) is 0.704. The van der Waals surface area contributed by atoms with Gasteiger partial charge >= 0.3 is 0 Å². The highest BCUT2D eigenvalue weighted by Crippen LogP contribution is 2.34. The van der Waals surface area contributed by atoms with Crippen LogP contribution in [0.1, 0.15) is 19.3 Å². The fourth-order valence-corrected chi connectivity index (χ4v) is 4.30. The van der Waals surface area contributed by atoms with Crippen LogP contribution in [0.25, 0.3) is 39.4 Å². The summed E-state index contributed by atoms with van der Waals surface area (Å²) in [5, 5.41) is 3.62. The summed E-state index contributed by atoms with van der Waals surface area (Å²) in [6, 6.07) is 30.1. The molecule has 32 heavy (non-hydrogen) atoms. The largest absolute Gasteiger partial charge is 0.382 e. The minimum Gasteiger partial charge on any atom is -0.382 e. The molecule has 1 fully saturated rings. The first kappa shape index (κ1) is 18.8. The molecule has 5 aromatic rings. The number of benzene rings is 3. The number of hydrogen-bond donors (Lipinski definition) is 1. The van der Waals surface area contributed by atoms with Gasteiger partial charge in [0.05, 0.1) is 11.4 Å². The second-order valence-corrected chi connectivity index (χ2v) is 8.40. The summed E-state index contributed by atoms with van der Waals surface area (Å²) < 4.78 is 2.12. The quantitative estimate of drug-likeness (QED) is 0.347. The van der Waals surface area contributed by atoms with Gasteiger partial charge in [-0.25, -0.2) is 9.97 Å². The van der Waals surface area contributed by atoms with Crippen LogP contribution >= 0.6 is 0 Å². The Labute approximate surface area is 187 Å². The van der Waals surface area contributed by atoms with Crippen molar-refractivity contribution in [2.75, 3.05) is 5.32 Å². The molecule has 6 rings (SSSR count). The van der Waals surface area contributed by atoms with E-state index in [1.54, 1.807) is 0 Å². The SMILES string of the molecule is c1ccc(-c2cnc3nc(-c4ccc(NC5CCC5)cc4)c(-c4ccccc4)n3c2)cc1. The second-order valence-electron chi connectivity index (χ2n) is 8.40. The van der Waals surface area contributed by atoms with Crippen LogP contribution < -0.4 is 5.32 Å². The van der Waals surface area contributed by atoms with Crippen LogP contribution in [0.2, 0.25) is 0 Å². The highest BCUT2D eigenvalue weighted by atomic mass is 15.1. The molecule has 2 heterocycles. The summed E-state index contributed by atoms with van der Waals surface area (Å²) in [4.78, 5) is 9.65. The van der Waals surface area contributed by atoms with Crippen LogP contribution in [0.3, 0.4) is 0 Å². The number of fused-ring (bicyclic) bond motifs is 1. The maximum Gasteiger partial charge on any atom is 0.234 e. The molecule has 0 amide bonds. The molecule has 0 radical (unpaired) electrons. The van der Waals surface area contributed by atoms with E-state index in [0.29, 0.717) is 11.8 Å². The maximum absolute atomic E-state index is 4.94. The zero-order valence-electron chi connectivity index (χ0n) is 17.8. The highest BCUT2D eigenvalue weighted by molar-refractivity contribution is 5.82. The molecule has 1 aliphatic carbocycles. The first-order valence-electron chi connectivity index (χ1n) is 11.2. The van der Waals surface area contributed by atoms with Gasteiger partial charge in [0.2, 0.25) is 5.78 Å². The average molecular weight is 417 g/mol. The van der Waals surface area contributed by atoms with Gasteiger partial charge in [-0.3, -0.25) is 4.40 Å². The average Bonchev–Trinajstić information content (AvgIpc) is 3.22. The van der Waals surface area contributed by atoms with Gasteiger partial charge < -0.3 is 5.32 Å². The zero-order valence-corrected chi connectivity index (χ0v) is 17.8. The third-order valence-electron chi connectivity index (χ3n) is 6.27. The third kappa shape index (κ3) is 3.44. The van der Waals surface area contributed by atoms with Gasteiger partial charge in [0.25, 0.3) is 0 Å². The summed E-state index contributed by atoms with van der Waals surface area (Å²) in [7, 11) is 0. The Balaban J connectivity index is 1.48. The van der Waals surface area contributed by atoms with Crippen molar-refractivity contribution in [1.82, 2.24) is 14.4 Å². The molecule has 4 heteroatoms. The highest BCUT2D eigenvalue weighted by Gasteiger charge is 2.19. The van der Waals surface area contributed by atoms with Crippen molar-refractivity contribution in [2.24, 2.45) is 0 Å². The van der Waals surface area contributed by atoms with E-state index in [0.717, 1.165) is 33.6 Å². The van der Waals surface area contributed by atoms with Crippen LogP contribution in [0, 0.1) is 0 Å². The van der Waals surface area contributed by atoms with E-state index in [9.17, 15) is 0 Å². The van der Waals surface area contributed by atoms with Crippen molar-refractivity contribution in [3.05, 3.63) is 97.3 Å². The number of imidazole rings is 1. The molecule has 0 unspecified atom stereocenters. The van der Waals surface area contributed by atoms with Crippen LogP contribution in [0.15, 0.2) is 97.3 Å². The minimum atomic E-state index is 0.622. The van der Waals surface area contributed by atoms with Crippen LogP contribution in [0.4, 0.5) is 5.69 Å². The fourth-order valence-electron chi connectivity index (χ4n) is 4.30. The molecule has 0 atom stereocenters. The predicted octanol–water partition coefficient (Wildman–Crippen LogP) is 6.69. The number of nitrogens with one attached hydrogen (secondary N) is 1. The molecule has 1 saturated carbocycles. The topological polar surface area (TPSA) is 42.2 Å². The van der Waals surface area contributed by atoms with Crippen molar-refractivity contribution in [3.63, 3.8) is 0 Å². The number of nitrogens with zero attached hydrogens (tertiary/aromatic N) is 3. The molecule has 4 nitrogen and oxygen atoms in total. The molecule has 0 saturated heterocycles. The fraction of sp³-hybridized carbons (Fsp3) is 0.143. The van der Waals surface area contributed by atoms with E-state index >= 15 is 0 Å². The van der Waals surface area contributed by atoms with Gasteiger partial charge in [0, 0.05) is 40.8 Å². The van der Waals surface area contributed by atoms with E-state index < -0.39 is 0 Å². The predicted molar refractivity (Wildman–Crippen MR) is 131 cm³/mol. The van der Waals surface area contributed by atoms with Gasteiger partial charge in [-0.2, -0.15) is 0 Å². The lowest BCUT2D eigenvalue weighted by atomic mass is 9.93. The summed E-state index contributed by atoms with van der Waals surface area (Å²) in [6.07, 6.45) is 7.91. The summed E-state index contributed by atoms with van der Waals surface area (Å²) in [5.41, 5.74) is 7.61. The first-order valence-corrected chi connectivity index (χ1v) is 11.2. The monoisotopic (exact) mass is 416 g/mol. The van der Waals surface area contributed by atoms with Gasteiger partial charge in [0.15, 0.2) is 0 Å². The van der Waals surface area contributed by atoms with E-state index in [2.05, 4.69) is 88.7 Å². The van der Waals surface area contributed by atoms with Crippen LogP contribution in [-0.2, 0) is 0 Å². The van der Waals surface area contributed by atoms with E-state index in [1.807, 2.05) is 18.3 Å². The molecule has 0 bridgehead atoms. The van der Waals surface area contributed by atoms with Crippen molar-refractivity contribution in [3.8, 4) is 33.6 Å². The number of anilines is 1.